The van der Waals surface area contributed by atoms with Crippen molar-refractivity contribution in [2.24, 2.45) is 11.7 Å². The van der Waals surface area contributed by atoms with Gasteiger partial charge in [-0.1, -0.05) is 27.2 Å². The summed E-state index contributed by atoms with van der Waals surface area (Å²) in [5.74, 6) is 0.700. The van der Waals surface area contributed by atoms with E-state index in [0.29, 0.717) is 12.5 Å². The highest BCUT2D eigenvalue weighted by atomic mass is 16.5. The Morgan fingerprint density at radius 2 is 1.74 bits per heavy atom. The number of methoxy groups -OCH3 is 2. The maximum atomic E-state index is 6.15. The van der Waals surface area contributed by atoms with Gasteiger partial charge in [-0.25, -0.2) is 0 Å². The van der Waals surface area contributed by atoms with Crippen LogP contribution in [0.2, 0.25) is 0 Å². The SMILES string of the molecule is CCC(C)CC(CC)(CN)N1CC(OC)C(OC)C1. The Hall–Kier alpha value is -0.160. The van der Waals surface area contributed by atoms with Crippen LogP contribution in [0.15, 0.2) is 0 Å². The van der Waals surface area contributed by atoms with Crippen molar-refractivity contribution in [1.82, 2.24) is 4.90 Å². The van der Waals surface area contributed by atoms with Gasteiger partial charge in [0, 0.05) is 39.4 Å². The van der Waals surface area contributed by atoms with E-state index in [9.17, 15) is 0 Å². The minimum absolute atomic E-state index is 0.0967. The molecule has 0 saturated carbocycles. The second kappa shape index (κ2) is 7.58. The molecule has 0 aliphatic carbocycles. The highest BCUT2D eigenvalue weighted by molar-refractivity contribution is 4.99. The van der Waals surface area contributed by atoms with Crippen molar-refractivity contribution < 1.29 is 9.47 Å². The van der Waals surface area contributed by atoms with Crippen LogP contribution in [-0.4, -0.2) is 56.5 Å². The van der Waals surface area contributed by atoms with Crippen LogP contribution < -0.4 is 5.73 Å². The first-order valence-corrected chi connectivity index (χ1v) is 7.57. The maximum absolute atomic E-state index is 6.15. The summed E-state index contributed by atoms with van der Waals surface area (Å²) in [6.07, 6.45) is 3.78. The molecule has 0 aromatic carbocycles. The largest absolute Gasteiger partial charge is 0.377 e. The smallest absolute Gasteiger partial charge is 0.0972 e. The zero-order valence-electron chi connectivity index (χ0n) is 13.3. The summed E-state index contributed by atoms with van der Waals surface area (Å²) >= 11 is 0. The van der Waals surface area contributed by atoms with E-state index in [-0.39, 0.29) is 17.7 Å². The lowest BCUT2D eigenvalue weighted by molar-refractivity contribution is -0.00461. The minimum Gasteiger partial charge on any atom is -0.377 e. The zero-order valence-corrected chi connectivity index (χ0v) is 13.3. The lowest BCUT2D eigenvalue weighted by atomic mass is 9.83. The van der Waals surface area contributed by atoms with Gasteiger partial charge in [-0.15, -0.1) is 0 Å². The fourth-order valence-electron chi connectivity index (χ4n) is 3.23. The summed E-state index contributed by atoms with van der Waals surface area (Å²) in [5.41, 5.74) is 6.25. The molecule has 114 valence electrons. The van der Waals surface area contributed by atoms with E-state index < -0.39 is 0 Å². The zero-order chi connectivity index (χ0) is 14.5. The molecule has 0 aromatic heterocycles. The molecule has 1 saturated heterocycles. The van der Waals surface area contributed by atoms with Crippen LogP contribution in [0, 0.1) is 5.92 Å². The van der Waals surface area contributed by atoms with E-state index in [1.165, 1.54) is 6.42 Å². The molecule has 1 aliphatic heterocycles. The van der Waals surface area contributed by atoms with E-state index in [0.717, 1.165) is 25.9 Å². The average Bonchev–Trinajstić information content (AvgIpc) is 2.88. The monoisotopic (exact) mass is 272 g/mol. The van der Waals surface area contributed by atoms with Gasteiger partial charge in [0.15, 0.2) is 0 Å². The predicted molar refractivity (Wildman–Crippen MR) is 79.3 cm³/mol. The summed E-state index contributed by atoms with van der Waals surface area (Å²) in [6, 6.07) is 0. The fourth-order valence-corrected chi connectivity index (χ4v) is 3.23. The third kappa shape index (κ3) is 3.69. The number of rotatable bonds is 8. The van der Waals surface area contributed by atoms with E-state index >= 15 is 0 Å². The summed E-state index contributed by atoms with van der Waals surface area (Å²) in [4.78, 5) is 2.50. The second-order valence-electron chi connectivity index (χ2n) is 5.95. The molecule has 0 spiro atoms. The number of likely N-dealkylation sites (tertiary alicyclic amines) is 1. The second-order valence-corrected chi connectivity index (χ2v) is 5.95. The molecule has 1 fully saturated rings. The van der Waals surface area contributed by atoms with Crippen molar-refractivity contribution in [3.05, 3.63) is 0 Å². The maximum Gasteiger partial charge on any atom is 0.0972 e. The van der Waals surface area contributed by atoms with Crippen LogP contribution in [0.25, 0.3) is 0 Å². The Bertz CT molecular complexity index is 245. The average molecular weight is 272 g/mol. The Morgan fingerprint density at radius 3 is 2.05 bits per heavy atom. The molecule has 4 heteroatoms. The van der Waals surface area contributed by atoms with Crippen LogP contribution >= 0.6 is 0 Å². The number of nitrogens with two attached hydrogens (primary N) is 1. The summed E-state index contributed by atoms with van der Waals surface area (Å²) < 4.78 is 11.1. The predicted octanol–water partition coefficient (Wildman–Crippen LogP) is 1.88. The summed E-state index contributed by atoms with van der Waals surface area (Å²) in [5, 5.41) is 0. The van der Waals surface area contributed by atoms with Crippen LogP contribution in [0.5, 0.6) is 0 Å². The van der Waals surface area contributed by atoms with Gasteiger partial charge < -0.3 is 15.2 Å². The van der Waals surface area contributed by atoms with E-state index in [4.69, 9.17) is 15.2 Å². The highest BCUT2D eigenvalue weighted by Gasteiger charge is 2.43. The molecule has 1 heterocycles. The van der Waals surface area contributed by atoms with Crippen molar-refractivity contribution in [2.75, 3.05) is 33.9 Å². The van der Waals surface area contributed by atoms with Gasteiger partial charge in [0.25, 0.3) is 0 Å². The molecule has 0 amide bonds. The Morgan fingerprint density at radius 1 is 1.21 bits per heavy atom. The van der Waals surface area contributed by atoms with Crippen LogP contribution in [0.3, 0.4) is 0 Å². The molecule has 0 bridgehead atoms. The first kappa shape index (κ1) is 16.9. The third-order valence-corrected chi connectivity index (χ3v) is 4.96. The Labute approximate surface area is 118 Å². The molecule has 0 aromatic rings. The van der Waals surface area contributed by atoms with Crippen LogP contribution in [-0.2, 0) is 9.47 Å². The van der Waals surface area contributed by atoms with Gasteiger partial charge in [-0.2, -0.15) is 0 Å². The number of ether oxygens (including phenoxy) is 2. The van der Waals surface area contributed by atoms with Gasteiger partial charge in [0.05, 0.1) is 12.2 Å². The van der Waals surface area contributed by atoms with Crippen molar-refractivity contribution in [1.29, 1.82) is 0 Å². The van der Waals surface area contributed by atoms with Crippen molar-refractivity contribution in [3.8, 4) is 0 Å². The summed E-state index contributed by atoms with van der Waals surface area (Å²) in [6.45, 7) is 9.38. The molecule has 4 atom stereocenters. The molecule has 19 heavy (non-hydrogen) atoms. The normalized spacial score (nSPS) is 29.4. The number of hydrogen-bond acceptors (Lipinski definition) is 4. The van der Waals surface area contributed by atoms with Gasteiger partial charge in [0.2, 0.25) is 0 Å². The standard InChI is InChI=1S/C15H32N2O2/c1-6-12(3)8-15(7-2,11-16)17-9-13(18-4)14(10-17)19-5/h12-14H,6-11,16H2,1-5H3. The van der Waals surface area contributed by atoms with Crippen molar-refractivity contribution >= 4 is 0 Å². The lowest BCUT2D eigenvalue weighted by Gasteiger charge is -2.42. The minimum atomic E-state index is 0.0967. The van der Waals surface area contributed by atoms with Crippen molar-refractivity contribution in [2.45, 2.75) is 57.8 Å². The molecule has 0 radical (unpaired) electrons. The highest BCUT2D eigenvalue weighted by Crippen LogP contribution is 2.32. The van der Waals surface area contributed by atoms with E-state index in [2.05, 4.69) is 25.7 Å². The quantitative estimate of drug-likeness (QED) is 0.733. The number of nitrogens with zero attached hydrogens (tertiary/aromatic N) is 1. The van der Waals surface area contributed by atoms with Crippen molar-refractivity contribution in [3.63, 3.8) is 0 Å². The van der Waals surface area contributed by atoms with Gasteiger partial charge in [-0.05, 0) is 18.8 Å². The third-order valence-electron chi connectivity index (χ3n) is 4.96. The van der Waals surface area contributed by atoms with Gasteiger partial charge in [0.1, 0.15) is 0 Å². The molecule has 1 rings (SSSR count). The topological polar surface area (TPSA) is 47.7 Å². The molecule has 2 N–H and O–H groups in total. The Kier molecular flexibility index (Phi) is 6.74. The molecule has 4 nitrogen and oxygen atoms in total. The van der Waals surface area contributed by atoms with Gasteiger partial charge in [-0.3, -0.25) is 4.90 Å². The van der Waals surface area contributed by atoms with Crippen LogP contribution in [0.4, 0.5) is 0 Å². The first-order chi connectivity index (χ1) is 9.06. The molecular weight excluding hydrogens is 240 g/mol. The molecule has 1 aliphatic rings. The first-order valence-electron chi connectivity index (χ1n) is 7.57. The number of hydrogen-bond donors (Lipinski definition) is 1. The van der Waals surface area contributed by atoms with Gasteiger partial charge >= 0.3 is 0 Å². The van der Waals surface area contributed by atoms with E-state index in [1.54, 1.807) is 14.2 Å². The lowest BCUT2D eigenvalue weighted by Crippen LogP contribution is -2.54. The summed E-state index contributed by atoms with van der Waals surface area (Å²) in [7, 11) is 3.54. The van der Waals surface area contributed by atoms with Crippen LogP contribution in [0.1, 0.15) is 40.0 Å². The van der Waals surface area contributed by atoms with E-state index in [1.807, 2.05) is 0 Å². The Balaban J connectivity index is 2.82. The molecule has 4 unspecified atom stereocenters. The fraction of sp³-hybridized carbons (Fsp3) is 1.00. The molecular formula is C15H32N2O2.